The van der Waals surface area contributed by atoms with E-state index in [9.17, 15) is 9.59 Å². The van der Waals surface area contributed by atoms with Crippen molar-refractivity contribution in [1.29, 1.82) is 0 Å². The molecular formula is C14H17ClN2O2. The second-order valence-electron chi connectivity index (χ2n) is 5.06. The lowest BCUT2D eigenvalue weighted by molar-refractivity contribution is -0.131. The number of hydrogen-bond acceptors (Lipinski definition) is 2. The number of rotatable bonds is 4. The highest BCUT2D eigenvalue weighted by Gasteiger charge is 2.51. The first-order valence-electron chi connectivity index (χ1n) is 6.20. The molecule has 102 valence electrons. The molecule has 0 atom stereocenters. The highest BCUT2D eigenvalue weighted by molar-refractivity contribution is 6.30. The first kappa shape index (κ1) is 13.9. The molecule has 0 heterocycles. The number of benzene rings is 1. The molecule has 1 fully saturated rings. The van der Waals surface area contributed by atoms with Gasteiger partial charge < -0.3 is 10.2 Å². The van der Waals surface area contributed by atoms with E-state index in [0.29, 0.717) is 5.02 Å². The zero-order valence-electron chi connectivity index (χ0n) is 11.1. The number of amides is 2. The molecule has 0 spiro atoms. The molecule has 0 radical (unpaired) electrons. The number of halogens is 1. The molecule has 1 aromatic rings. The van der Waals surface area contributed by atoms with Gasteiger partial charge in [-0.25, -0.2) is 0 Å². The Morgan fingerprint density at radius 2 is 1.84 bits per heavy atom. The third-order valence-corrected chi connectivity index (χ3v) is 3.73. The van der Waals surface area contributed by atoms with Gasteiger partial charge in [0.1, 0.15) is 0 Å². The third kappa shape index (κ3) is 2.89. The zero-order chi connectivity index (χ0) is 14.0. The minimum Gasteiger partial charge on any atom is -0.347 e. The lowest BCUT2D eigenvalue weighted by atomic mass is 9.95. The lowest BCUT2D eigenvalue weighted by Gasteiger charge is -2.17. The van der Waals surface area contributed by atoms with Crippen LogP contribution in [0.1, 0.15) is 18.4 Å². The molecule has 2 amide bonds. The van der Waals surface area contributed by atoms with Crippen molar-refractivity contribution in [2.45, 2.75) is 18.3 Å². The summed E-state index contributed by atoms with van der Waals surface area (Å²) in [6.07, 6.45) is 1.63. The monoisotopic (exact) mass is 280 g/mol. The Balaban J connectivity index is 2.02. The van der Waals surface area contributed by atoms with Crippen LogP contribution >= 0.6 is 11.6 Å². The van der Waals surface area contributed by atoms with Crippen LogP contribution in [0.2, 0.25) is 5.02 Å². The molecule has 19 heavy (non-hydrogen) atoms. The molecule has 0 unspecified atom stereocenters. The van der Waals surface area contributed by atoms with Crippen molar-refractivity contribution in [1.82, 2.24) is 10.2 Å². The van der Waals surface area contributed by atoms with Gasteiger partial charge in [-0.05, 0) is 30.5 Å². The van der Waals surface area contributed by atoms with Gasteiger partial charge in [0.2, 0.25) is 11.8 Å². The second kappa shape index (κ2) is 5.21. The van der Waals surface area contributed by atoms with Crippen molar-refractivity contribution >= 4 is 23.4 Å². The van der Waals surface area contributed by atoms with Crippen LogP contribution in [0, 0.1) is 0 Å². The Hall–Kier alpha value is -1.55. The van der Waals surface area contributed by atoms with Gasteiger partial charge in [-0.2, -0.15) is 0 Å². The van der Waals surface area contributed by atoms with Gasteiger partial charge in [0, 0.05) is 19.1 Å². The van der Waals surface area contributed by atoms with E-state index in [0.717, 1.165) is 18.4 Å². The van der Waals surface area contributed by atoms with Gasteiger partial charge in [-0.3, -0.25) is 9.59 Å². The van der Waals surface area contributed by atoms with Crippen LogP contribution in [-0.2, 0) is 15.0 Å². The van der Waals surface area contributed by atoms with E-state index in [2.05, 4.69) is 5.32 Å². The van der Waals surface area contributed by atoms with Gasteiger partial charge in [0.05, 0.1) is 12.0 Å². The van der Waals surface area contributed by atoms with E-state index in [4.69, 9.17) is 11.6 Å². The van der Waals surface area contributed by atoms with Gasteiger partial charge >= 0.3 is 0 Å². The van der Waals surface area contributed by atoms with Crippen LogP contribution in [0.5, 0.6) is 0 Å². The maximum Gasteiger partial charge on any atom is 0.241 e. The molecule has 1 aliphatic carbocycles. The Bertz CT molecular complexity index is 493. The summed E-state index contributed by atoms with van der Waals surface area (Å²) in [4.78, 5) is 25.2. The van der Waals surface area contributed by atoms with Crippen LogP contribution in [0.3, 0.4) is 0 Å². The quantitative estimate of drug-likeness (QED) is 0.910. The zero-order valence-corrected chi connectivity index (χ0v) is 11.8. The van der Waals surface area contributed by atoms with E-state index in [-0.39, 0.29) is 18.4 Å². The largest absolute Gasteiger partial charge is 0.347 e. The van der Waals surface area contributed by atoms with Crippen LogP contribution in [0.4, 0.5) is 0 Å². The molecule has 1 aromatic carbocycles. The summed E-state index contributed by atoms with van der Waals surface area (Å²) in [5.74, 6) is -0.190. The predicted octanol–water partition coefficient (Wildman–Crippen LogP) is 1.58. The summed E-state index contributed by atoms with van der Waals surface area (Å²) in [6, 6.07) is 7.33. The molecule has 5 heteroatoms. The molecule has 0 bridgehead atoms. The third-order valence-electron chi connectivity index (χ3n) is 3.48. The van der Waals surface area contributed by atoms with E-state index in [1.807, 2.05) is 12.1 Å². The van der Waals surface area contributed by atoms with Crippen LogP contribution in [-0.4, -0.2) is 37.4 Å². The van der Waals surface area contributed by atoms with E-state index in [1.165, 1.54) is 4.90 Å². The average molecular weight is 281 g/mol. The van der Waals surface area contributed by atoms with E-state index < -0.39 is 5.41 Å². The summed E-state index contributed by atoms with van der Waals surface area (Å²) in [5, 5.41) is 3.37. The first-order chi connectivity index (χ1) is 8.95. The van der Waals surface area contributed by atoms with Gasteiger partial charge in [-0.1, -0.05) is 23.7 Å². The minimum absolute atomic E-state index is 0.0428. The second-order valence-corrected chi connectivity index (χ2v) is 5.50. The number of likely N-dealkylation sites (N-methyl/N-ethyl adjacent to an activating group) is 1. The van der Waals surface area contributed by atoms with Crippen LogP contribution in [0.25, 0.3) is 0 Å². The van der Waals surface area contributed by atoms with Crippen molar-refractivity contribution in [2.75, 3.05) is 20.6 Å². The minimum atomic E-state index is -0.461. The number of hydrogen-bond donors (Lipinski definition) is 1. The topological polar surface area (TPSA) is 49.4 Å². The molecule has 4 nitrogen and oxygen atoms in total. The molecule has 2 rings (SSSR count). The number of nitrogens with one attached hydrogen (secondary N) is 1. The number of nitrogens with zero attached hydrogens (tertiary/aromatic N) is 1. The summed E-state index contributed by atoms with van der Waals surface area (Å²) in [5.41, 5.74) is 0.503. The van der Waals surface area contributed by atoms with Crippen molar-refractivity contribution in [3.63, 3.8) is 0 Å². The fourth-order valence-electron chi connectivity index (χ4n) is 2.02. The molecule has 0 aromatic heterocycles. The van der Waals surface area contributed by atoms with Crippen LogP contribution in [0.15, 0.2) is 24.3 Å². The highest BCUT2D eigenvalue weighted by atomic mass is 35.5. The van der Waals surface area contributed by atoms with E-state index >= 15 is 0 Å². The van der Waals surface area contributed by atoms with Gasteiger partial charge in [-0.15, -0.1) is 0 Å². The maximum absolute atomic E-state index is 12.2. The predicted molar refractivity (Wildman–Crippen MR) is 74.1 cm³/mol. The normalized spacial score (nSPS) is 15.7. The van der Waals surface area contributed by atoms with Crippen LogP contribution < -0.4 is 5.32 Å². The molecule has 1 aliphatic rings. The smallest absolute Gasteiger partial charge is 0.241 e. The fraction of sp³-hybridized carbons (Fsp3) is 0.429. The molecule has 1 saturated carbocycles. The Morgan fingerprint density at radius 1 is 1.26 bits per heavy atom. The van der Waals surface area contributed by atoms with Crippen molar-refractivity contribution in [3.8, 4) is 0 Å². The van der Waals surface area contributed by atoms with Crippen molar-refractivity contribution in [2.24, 2.45) is 0 Å². The summed E-state index contributed by atoms with van der Waals surface area (Å²) >= 11 is 5.85. The number of carbonyl (C=O) groups is 2. The molecule has 0 aliphatic heterocycles. The molecular weight excluding hydrogens is 264 g/mol. The Morgan fingerprint density at radius 3 is 2.32 bits per heavy atom. The fourth-order valence-corrected chi connectivity index (χ4v) is 2.15. The Labute approximate surface area is 117 Å². The number of carbonyl (C=O) groups excluding carboxylic acids is 2. The highest BCUT2D eigenvalue weighted by Crippen LogP contribution is 2.48. The van der Waals surface area contributed by atoms with Crippen molar-refractivity contribution in [3.05, 3.63) is 34.9 Å². The lowest BCUT2D eigenvalue weighted by Crippen LogP contribution is -2.41. The summed E-state index contributed by atoms with van der Waals surface area (Å²) in [6.45, 7) is 0.0428. The Kier molecular flexibility index (Phi) is 3.80. The molecule has 0 saturated heterocycles. The maximum atomic E-state index is 12.2. The van der Waals surface area contributed by atoms with Gasteiger partial charge in [0.15, 0.2) is 0 Å². The summed E-state index contributed by atoms with van der Waals surface area (Å²) < 4.78 is 0. The first-order valence-corrected chi connectivity index (χ1v) is 6.58. The molecule has 1 N–H and O–H groups in total. The SMILES string of the molecule is CN(C)C(=O)CNC(=O)C1(c2ccc(Cl)cc2)CC1. The van der Waals surface area contributed by atoms with Gasteiger partial charge in [0.25, 0.3) is 0 Å². The van der Waals surface area contributed by atoms with Crippen molar-refractivity contribution < 1.29 is 9.59 Å². The standard InChI is InChI=1S/C14H17ClN2O2/c1-17(2)12(18)9-16-13(19)14(7-8-14)10-3-5-11(15)6-4-10/h3-6H,7-9H2,1-2H3,(H,16,19). The van der Waals surface area contributed by atoms with E-state index in [1.54, 1.807) is 26.2 Å². The average Bonchev–Trinajstić information content (AvgIpc) is 3.17. The summed E-state index contributed by atoms with van der Waals surface area (Å²) in [7, 11) is 3.33.